The van der Waals surface area contributed by atoms with Gasteiger partial charge in [0.05, 0.1) is 30.9 Å². The zero-order chi connectivity index (χ0) is 18.4. The summed E-state index contributed by atoms with van der Waals surface area (Å²) in [6.07, 6.45) is 2.44. The Morgan fingerprint density at radius 2 is 1.80 bits per heavy atom. The van der Waals surface area contributed by atoms with E-state index >= 15 is 0 Å². The third-order valence-electron chi connectivity index (χ3n) is 4.81. The number of rotatable bonds is 4. The first-order chi connectivity index (χ1) is 11.7. The largest absolute Gasteiger partial charge is 0.495 e. The molecule has 0 aromatic heterocycles. The van der Waals surface area contributed by atoms with E-state index in [4.69, 9.17) is 9.47 Å². The SMILES string of the molecule is COc1ccc(C(C)(C)C)cc1NC(=O)[C@H]1[C@@H](C(=O)O)[C@@H]2C=C[C@H]1O2. The summed E-state index contributed by atoms with van der Waals surface area (Å²) in [6.45, 7) is 6.24. The lowest BCUT2D eigenvalue weighted by atomic mass is 9.82. The van der Waals surface area contributed by atoms with Crippen LogP contribution >= 0.6 is 0 Å². The van der Waals surface area contributed by atoms with Crippen molar-refractivity contribution < 1.29 is 24.2 Å². The van der Waals surface area contributed by atoms with Crippen LogP contribution in [0.15, 0.2) is 30.4 Å². The van der Waals surface area contributed by atoms with Gasteiger partial charge >= 0.3 is 5.97 Å². The Balaban J connectivity index is 1.88. The van der Waals surface area contributed by atoms with Crippen LogP contribution in [-0.2, 0) is 19.7 Å². The number of fused-ring (bicyclic) bond motifs is 2. The molecule has 0 radical (unpaired) electrons. The molecule has 0 spiro atoms. The average molecular weight is 345 g/mol. The highest BCUT2D eigenvalue weighted by Gasteiger charge is 2.53. The zero-order valence-corrected chi connectivity index (χ0v) is 14.8. The molecule has 25 heavy (non-hydrogen) atoms. The molecule has 1 fully saturated rings. The summed E-state index contributed by atoms with van der Waals surface area (Å²) in [5, 5.41) is 12.3. The van der Waals surface area contributed by atoms with Crippen LogP contribution < -0.4 is 10.1 Å². The number of carboxylic acids is 1. The summed E-state index contributed by atoms with van der Waals surface area (Å²) in [6, 6.07) is 5.64. The van der Waals surface area contributed by atoms with Gasteiger partial charge in [0, 0.05) is 0 Å². The maximum atomic E-state index is 12.8. The number of carbonyl (C=O) groups excluding carboxylic acids is 1. The molecular weight excluding hydrogens is 322 g/mol. The van der Waals surface area contributed by atoms with Gasteiger partial charge in [0.2, 0.25) is 5.91 Å². The average Bonchev–Trinajstić information content (AvgIpc) is 3.14. The number of carbonyl (C=O) groups is 2. The lowest BCUT2D eigenvalue weighted by molar-refractivity contribution is -0.145. The third kappa shape index (κ3) is 3.14. The number of benzene rings is 1. The third-order valence-corrected chi connectivity index (χ3v) is 4.81. The van der Waals surface area contributed by atoms with Gasteiger partial charge in [-0.3, -0.25) is 9.59 Å². The zero-order valence-electron chi connectivity index (χ0n) is 14.8. The predicted octanol–water partition coefficient (Wildman–Crippen LogP) is 2.59. The van der Waals surface area contributed by atoms with Gasteiger partial charge in [-0.25, -0.2) is 0 Å². The fraction of sp³-hybridized carbons (Fsp3) is 0.474. The van der Waals surface area contributed by atoms with Crippen LogP contribution in [0, 0.1) is 11.8 Å². The second-order valence-electron chi connectivity index (χ2n) is 7.49. The molecule has 1 saturated heterocycles. The summed E-state index contributed by atoms with van der Waals surface area (Å²) in [5.74, 6) is -2.48. The van der Waals surface area contributed by atoms with E-state index in [0.717, 1.165) is 5.56 Å². The topological polar surface area (TPSA) is 84.9 Å². The summed E-state index contributed by atoms with van der Waals surface area (Å²) in [5.41, 5.74) is 1.49. The van der Waals surface area contributed by atoms with Crippen LogP contribution in [0.5, 0.6) is 5.75 Å². The lowest BCUT2D eigenvalue weighted by Crippen LogP contribution is -2.39. The molecule has 2 heterocycles. The van der Waals surface area contributed by atoms with Crippen molar-refractivity contribution in [2.75, 3.05) is 12.4 Å². The molecule has 0 saturated carbocycles. The highest BCUT2D eigenvalue weighted by Crippen LogP contribution is 2.40. The van der Waals surface area contributed by atoms with Crippen LogP contribution in [0.1, 0.15) is 26.3 Å². The maximum absolute atomic E-state index is 12.8. The Kier molecular flexibility index (Phi) is 4.33. The Morgan fingerprint density at radius 3 is 2.36 bits per heavy atom. The molecule has 1 aromatic carbocycles. The standard InChI is InChI=1S/C19H23NO5/c1-19(2,3)10-5-6-12(24-4)11(9-10)20-17(21)15-13-7-8-14(25-13)16(15)18(22)23/h5-9,13-16H,1-4H3,(H,20,21)(H,22,23)/t13-,14+,15-,16+/m1/s1. The van der Waals surface area contributed by atoms with Gasteiger partial charge in [0.1, 0.15) is 11.7 Å². The van der Waals surface area contributed by atoms with Crippen LogP contribution in [0.3, 0.4) is 0 Å². The molecule has 2 aliphatic rings. The van der Waals surface area contributed by atoms with Crippen molar-refractivity contribution in [2.24, 2.45) is 11.8 Å². The molecule has 2 aliphatic heterocycles. The minimum atomic E-state index is -1.02. The fourth-order valence-electron chi connectivity index (χ4n) is 3.40. The number of amides is 1. The van der Waals surface area contributed by atoms with E-state index in [1.54, 1.807) is 12.2 Å². The smallest absolute Gasteiger partial charge is 0.310 e. The second kappa shape index (κ2) is 6.19. The number of hydrogen-bond acceptors (Lipinski definition) is 4. The van der Waals surface area contributed by atoms with Crippen LogP contribution in [-0.4, -0.2) is 36.3 Å². The minimum Gasteiger partial charge on any atom is -0.495 e. The summed E-state index contributed by atoms with van der Waals surface area (Å²) >= 11 is 0. The van der Waals surface area contributed by atoms with E-state index in [9.17, 15) is 14.7 Å². The number of aliphatic carboxylic acids is 1. The van der Waals surface area contributed by atoms with Crippen LogP contribution in [0.2, 0.25) is 0 Å². The van der Waals surface area contributed by atoms with E-state index in [2.05, 4.69) is 26.1 Å². The Labute approximate surface area is 146 Å². The predicted molar refractivity (Wildman–Crippen MR) is 92.7 cm³/mol. The Hall–Kier alpha value is -2.34. The molecule has 6 nitrogen and oxygen atoms in total. The van der Waals surface area contributed by atoms with Gasteiger partial charge in [-0.15, -0.1) is 0 Å². The maximum Gasteiger partial charge on any atom is 0.310 e. The molecular formula is C19H23NO5. The van der Waals surface area contributed by atoms with Crippen molar-refractivity contribution in [3.05, 3.63) is 35.9 Å². The Morgan fingerprint density at radius 1 is 1.16 bits per heavy atom. The number of nitrogens with one attached hydrogen (secondary N) is 1. The monoisotopic (exact) mass is 345 g/mol. The number of ether oxygens (including phenoxy) is 2. The highest BCUT2D eigenvalue weighted by atomic mass is 16.5. The van der Waals surface area contributed by atoms with Gasteiger partial charge in [-0.1, -0.05) is 39.0 Å². The van der Waals surface area contributed by atoms with Crippen molar-refractivity contribution in [3.8, 4) is 5.75 Å². The first kappa shape index (κ1) is 17.5. The fourth-order valence-corrected chi connectivity index (χ4v) is 3.40. The molecule has 0 aliphatic carbocycles. The van der Waals surface area contributed by atoms with Gasteiger partial charge in [-0.05, 0) is 23.1 Å². The highest BCUT2D eigenvalue weighted by molar-refractivity contribution is 5.97. The molecule has 3 rings (SSSR count). The summed E-state index contributed by atoms with van der Waals surface area (Å²) in [7, 11) is 1.53. The van der Waals surface area contributed by atoms with E-state index in [1.165, 1.54) is 7.11 Å². The summed E-state index contributed by atoms with van der Waals surface area (Å²) in [4.78, 5) is 24.4. The molecule has 2 bridgehead atoms. The van der Waals surface area contributed by atoms with E-state index < -0.39 is 30.0 Å². The molecule has 4 atom stereocenters. The molecule has 2 N–H and O–H groups in total. The first-order valence-corrected chi connectivity index (χ1v) is 8.28. The van der Waals surface area contributed by atoms with E-state index in [1.807, 2.05) is 18.2 Å². The lowest BCUT2D eigenvalue weighted by Gasteiger charge is -2.24. The quantitative estimate of drug-likeness (QED) is 0.820. The molecule has 134 valence electrons. The van der Waals surface area contributed by atoms with E-state index in [-0.39, 0.29) is 11.3 Å². The van der Waals surface area contributed by atoms with Crippen molar-refractivity contribution in [1.29, 1.82) is 0 Å². The van der Waals surface area contributed by atoms with Crippen molar-refractivity contribution in [3.63, 3.8) is 0 Å². The van der Waals surface area contributed by atoms with Crippen molar-refractivity contribution in [2.45, 2.75) is 38.4 Å². The first-order valence-electron chi connectivity index (χ1n) is 8.28. The Bertz CT molecular complexity index is 734. The van der Waals surface area contributed by atoms with Crippen molar-refractivity contribution in [1.82, 2.24) is 0 Å². The molecule has 6 heteroatoms. The minimum absolute atomic E-state index is 0.0897. The van der Waals surface area contributed by atoms with Crippen LogP contribution in [0.4, 0.5) is 5.69 Å². The van der Waals surface area contributed by atoms with Gasteiger partial charge in [0.25, 0.3) is 0 Å². The molecule has 0 unspecified atom stereocenters. The van der Waals surface area contributed by atoms with Gasteiger partial charge < -0.3 is 19.9 Å². The normalized spacial score (nSPS) is 27.4. The number of anilines is 1. The summed E-state index contributed by atoms with van der Waals surface area (Å²) < 4.78 is 10.9. The van der Waals surface area contributed by atoms with Gasteiger partial charge in [-0.2, -0.15) is 0 Å². The number of methoxy groups -OCH3 is 1. The van der Waals surface area contributed by atoms with Gasteiger partial charge in [0.15, 0.2) is 0 Å². The van der Waals surface area contributed by atoms with E-state index in [0.29, 0.717) is 11.4 Å². The van der Waals surface area contributed by atoms with Crippen molar-refractivity contribution >= 4 is 17.6 Å². The second-order valence-corrected chi connectivity index (χ2v) is 7.49. The molecule has 1 amide bonds. The number of carboxylic acid groups (broad SMARTS) is 1. The van der Waals surface area contributed by atoms with Crippen LogP contribution in [0.25, 0.3) is 0 Å². The number of hydrogen-bond donors (Lipinski definition) is 2. The molecule has 1 aromatic rings.